The van der Waals surface area contributed by atoms with E-state index in [2.05, 4.69) is 88.7 Å². The number of tetrazole rings is 1. The number of aromatic amines is 1. The Bertz CT molecular complexity index is 1180. The Hall–Kier alpha value is -2.52. The minimum absolute atomic E-state index is 0.127. The number of aromatic nitrogens is 10. The normalized spacial score (nSPS) is 11.1. The van der Waals surface area contributed by atoms with Crippen molar-refractivity contribution in [2.45, 2.75) is 13.1 Å². The van der Waals surface area contributed by atoms with E-state index in [9.17, 15) is 4.79 Å². The molecule has 4 rings (SSSR count). The van der Waals surface area contributed by atoms with E-state index in [1.54, 1.807) is 10.9 Å². The van der Waals surface area contributed by atoms with Gasteiger partial charge in [0, 0.05) is 13.4 Å². The number of benzene rings is 1. The second-order valence-electron chi connectivity index (χ2n) is 5.72. The molecule has 0 saturated carbocycles. The lowest BCUT2D eigenvalue weighted by Gasteiger charge is -2.05. The quantitative estimate of drug-likeness (QED) is 0.322. The smallest absolute Gasteiger partial charge is 0.327 e. The largest absolute Gasteiger partial charge is 0.480 e. The Morgan fingerprint density at radius 1 is 1.10 bits per heavy atom. The number of hydrogen-bond acceptors (Lipinski definition) is 8. The van der Waals surface area contributed by atoms with E-state index < -0.39 is 12.5 Å². The summed E-state index contributed by atoms with van der Waals surface area (Å²) in [5, 5.41) is 35.1. The third-order valence-electron chi connectivity index (χ3n) is 3.58. The summed E-state index contributed by atoms with van der Waals surface area (Å²) >= 11 is 10.5. The lowest BCUT2D eigenvalue weighted by atomic mass is 10.2. The van der Waals surface area contributed by atoms with Crippen LogP contribution in [0.4, 0.5) is 0 Å². The summed E-state index contributed by atoms with van der Waals surface area (Å²) in [6, 6.07) is 3.96. The van der Waals surface area contributed by atoms with Gasteiger partial charge in [0.15, 0.2) is 18.1 Å². The highest BCUT2D eigenvalue weighted by Crippen LogP contribution is 2.32. The highest BCUT2D eigenvalue weighted by Gasteiger charge is 2.16. The van der Waals surface area contributed by atoms with Crippen molar-refractivity contribution in [3.05, 3.63) is 37.3 Å². The van der Waals surface area contributed by atoms with E-state index >= 15 is 0 Å². The maximum absolute atomic E-state index is 10.7. The van der Waals surface area contributed by atoms with Crippen LogP contribution in [0.5, 0.6) is 0 Å². The maximum atomic E-state index is 10.7. The van der Waals surface area contributed by atoms with Crippen LogP contribution in [0.15, 0.2) is 31.7 Å². The summed E-state index contributed by atoms with van der Waals surface area (Å²) in [5.41, 5.74) is 1.47. The van der Waals surface area contributed by atoms with E-state index in [1.165, 1.54) is 0 Å². The topological polar surface area (TPSA) is 153 Å². The van der Waals surface area contributed by atoms with E-state index in [0.29, 0.717) is 18.1 Å². The Morgan fingerprint density at radius 2 is 1.86 bits per heavy atom. The van der Waals surface area contributed by atoms with Crippen LogP contribution in [-0.4, -0.2) is 61.5 Å². The Balaban J connectivity index is 1.52. The molecule has 0 spiro atoms. The van der Waals surface area contributed by atoms with E-state index in [1.807, 2.05) is 12.1 Å². The van der Waals surface area contributed by atoms with Gasteiger partial charge >= 0.3 is 5.97 Å². The van der Waals surface area contributed by atoms with Gasteiger partial charge in [-0.15, -0.1) is 15.3 Å². The zero-order valence-corrected chi connectivity index (χ0v) is 18.9. The number of carbonyl (C=O) groups is 1. The predicted molar refractivity (Wildman–Crippen MR) is 108 cm³/mol. The zero-order valence-electron chi connectivity index (χ0n) is 14.2. The number of hydrogen-bond donors (Lipinski definition) is 2. The predicted octanol–water partition coefficient (Wildman–Crippen LogP) is 2.14. The Kier molecular flexibility index (Phi) is 5.51. The number of halogens is 3. The molecule has 29 heavy (non-hydrogen) atoms. The van der Waals surface area contributed by atoms with Crippen LogP contribution in [0.3, 0.4) is 0 Å². The summed E-state index contributed by atoms with van der Waals surface area (Å²) in [6.45, 7) is 0.102. The Morgan fingerprint density at radius 3 is 2.59 bits per heavy atom. The van der Waals surface area contributed by atoms with Gasteiger partial charge in [0.05, 0.1) is 12.7 Å². The molecule has 0 aliphatic heterocycles. The number of nitrogens with zero attached hydrogens (tertiary/aromatic N) is 9. The van der Waals surface area contributed by atoms with Gasteiger partial charge < -0.3 is 5.11 Å². The summed E-state index contributed by atoms with van der Waals surface area (Å²) in [6.07, 6.45) is 1.71. The fraction of sp³-hybridized carbons (Fsp3) is 0.143. The molecule has 0 aliphatic carbocycles. The molecule has 0 amide bonds. The van der Waals surface area contributed by atoms with Gasteiger partial charge in [-0.05, 0) is 70.7 Å². The van der Waals surface area contributed by atoms with Crippen LogP contribution in [-0.2, 0) is 17.9 Å². The minimum atomic E-state index is -1.08. The molecule has 0 aliphatic rings. The van der Waals surface area contributed by atoms with Crippen LogP contribution >= 0.6 is 47.8 Å². The molecule has 0 saturated heterocycles. The summed E-state index contributed by atoms with van der Waals surface area (Å²) in [7, 11) is 0. The minimum Gasteiger partial charge on any atom is -0.480 e. The van der Waals surface area contributed by atoms with E-state index in [0.717, 1.165) is 23.8 Å². The molecule has 0 atom stereocenters. The molecule has 3 aromatic heterocycles. The third kappa shape index (κ3) is 4.40. The van der Waals surface area contributed by atoms with Crippen LogP contribution in [0.2, 0.25) is 0 Å². The first-order valence-electron chi connectivity index (χ1n) is 7.85. The number of carboxylic acid groups (broad SMARTS) is 1. The first-order valence-corrected chi connectivity index (χ1v) is 10.2. The van der Waals surface area contributed by atoms with Gasteiger partial charge in [-0.2, -0.15) is 9.90 Å². The van der Waals surface area contributed by atoms with Crippen molar-refractivity contribution in [2.24, 2.45) is 0 Å². The number of H-pyrrole nitrogens is 1. The molecule has 12 nitrogen and oxygen atoms in total. The molecule has 15 heteroatoms. The standard InChI is InChI=1S/C14H9Br3N10O2/c15-7-1-6(2-8(16)11(7)17)3-26-4-9(19-24-26)12-18-13(21-20-12)14-22-25-27(23-14)5-10(28)29/h1-2,4H,3,5H2,(H,28,29)(H,18,20,21). The molecule has 2 N–H and O–H groups in total. The number of nitrogens with one attached hydrogen (secondary N) is 1. The van der Waals surface area contributed by atoms with Crippen molar-refractivity contribution < 1.29 is 9.90 Å². The lowest BCUT2D eigenvalue weighted by molar-refractivity contribution is -0.138. The second-order valence-corrected chi connectivity index (χ2v) is 8.22. The van der Waals surface area contributed by atoms with E-state index in [-0.39, 0.29) is 11.6 Å². The molecule has 0 fully saturated rings. The summed E-state index contributed by atoms with van der Waals surface area (Å²) < 4.78 is 4.44. The molecule has 0 radical (unpaired) electrons. The summed E-state index contributed by atoms with van der Waals surface area (Å²) in [5.74, 6) is -0.401. The van der Waals surface area contributed by atoms with Gasteiger partial charge in [-0.1, -0.05) is 5.21 Å². The van der Waals surface area contributed by atoms with Crippen LogP contribution in [0, 0.1) is 0 Å². The summed E-state index contributed by atoms with van der Waals surface area (Å²) in [4.78, 5) is 15.9. The SMILES string of the molecule is O=C(O)Cn1nnc(-c2nc(-c3cn(Cc4cc(Br)c(Br)c(Br)c4)nn3)n[nH]2)n1. The molecule has 4 aromatic rings. The monoisotopic (exact) mass is 586 g/mol. The zero-order chi connectivity index (χ0) is 20.5. The highest BCUT2D eigenvalue weighted by atomic mass is 79.9. The molecular formula is C14H9Br3N10O2. The Labute approximate surface area is 187 Å². The van der Waals surface area contributed by atoms with Crippen molar-refractivity contribution in [3.63, 3.8) is 0 Å². The molecule has 3 heterocycles. The van der Waals surface area contributed by atoms with Crippen LogP contribution in [0.25, 0.3) is 23.2 Å². The molecule has 148 valence electrons. The van der Waals surface area contributed by atoms with Crippen molar-refractivity contribution in [1.82, 2.24) is 50.4 Å². The third-order valence-corrected chi connectivity index (χ3v) is 6.75. The fourth-order valence-corrected chi connectivity index (χ4v) is 3.88. The average Bonchev–Trinajstić information content (AvgIpc) is 3.39. The second kappa shape index (κ2) is 8.08. The van der Waals surface area contributed by atoms with Crippen LogP contribution in [0.1, 0.15) is 5.56 Å². The fourth-order valence-electron chi connectivity index (χ4n) is 2.37. The number of carboxylic acids is 1. The maximum Gasteiger partial charge on any atom is 0.327 e. The number of rotatable bonds is 6. The molecule has 0 bridgehead atoms. The first kappa shape index (κ1) is 19.8. The van der Waals surface area contributed by atoms with Gasteiger partial charge in [0.25, 0.3) is 0 Å². The van der Waals surface area contributed by atoms with Crippen molar-refractivity contribution in [2.75, 3.05) is 0 Å². The van der Waals surface area contributed by atoms with Gasteiger partial charge in [-0.3, -0.25) is 9.89 Å². The van der Waals surface area contributed by atoms with Gasteiger partial charge in [0.2, 0.25) is 11.6 Å². The van der Waals surface area contributed by atoms with Crippen molar-refractivity contribution >= 4 is 53.8 Å². The lowest BCUT2D eigenvalue weighted by Crippen LogP contribution is -2.11. The first-order chi connectivity index (χ1) is 13.9. The number of aliphatic carboxylic acids is 1. The van der Waals surface area contributed by atoms with Crippen molar-refractivity contribution in [3.8, 4) is 23.2 Å². The van der Waals surface area contributed by atoms with Gasteiger partial charge in [0.1, 0.15) is 0 Å². The van der Waals surface area contributed by atoms with Gasteiger partial charge in [-0.25, -0.2) is 9.67 Å². The highest BCUT2D eigenvalue weighted by molar-refractivity contribution is 9.14. The average molecular weight is 589 g/mol. The molecular weight excluding hydrogens is 580 g/mol. The van der Waals surface area contributed by atoms with E-state index in [4.69, 9.17) is 5.11 Å². The molecule has 1 aromatic carbocycles. The van der Waals surface area contributed by atoms with Crippen LogP contribution < -0.4 is 0 Å². The molecule has 0 unspecified atom stereocenters. The van der Waals surface area contributed by atoms with Crippen molar-refractivity contribution in [1.29, 1.82) is 0 Å².